The minimum absolute atomic E-state index is 0.0481. The number of methoxy groups -OCH3 is 1. The Bertz CT molecular complexity index is 354. The lowest BCUT2D eigenvalue weighted by molar-refractivity contribution is -0.145. The van der Waals surface area contributed by atoms with Crippen LogP contribution < -0.4 is 0 Å². The van der Waals surface area contributed by atoms with Gasteiger partial charge < -0.3 is 9.84 Å². The van der Waals surface area contributed by atoms with Crippen LogP contribution in [0.15, 0.2) is 0 Å². The Morgan fingerprint density at radius 3 is 1.33 bits per heavy atom. The Kier molecular flexibility index (Phi) is 18.9. The van der Waals surface area contributed by atoms with Crippen LogP contribution in [0.25, 0.3) is 0 Å². The average molecular weight is 385 g/mol. The highest BCUT2D eigenvalue weighted by Crippen LogP contribution is 2.15. The molecule has 0 aromatic rings. The largest absolute Gasteiger partial charge is 0.481 e. The molecule has 0 heterocycles. The maximum Gasteiger partial charge on any atom is 0.308 e. The number of hydrogen-bond donors (Lipinski definition) is 1. The summed E-state index contributed by atoms with van der Waals surface area (Å²) in [4.78, 5) is 21.7. The molecule has 0 spiro atoms. The van der Waals surface area contributed by atoms with Gasteiger partial charge in [0.25, 0.3) is 0 Å². The molecule has 1 unspecified atom stereocenters. The Morgan fingerprint density at radius 1 is 0.667 bits per heavy atom. The molecule has 27 heavy (non-hydrogen) atoms. The van der Waals surface area contributed by atoms with E-state index in [1.165, 1.54) is 90.6 Å². The van der Waals surface area contributed by atoms with Gasteiger partial charge in [-0.2, -0.15) is 0 Å². The van der Waals surface area contributed by atoms with Gasteiger partial charge in [-0.05, 0) is 12.8 Å². The third-order valence-electron chi connectivity index (χ3n) is 5.38. The third-order valence-corrected chi connectivity index (χ3v) is 5.38. The number of esters is 1. The zero-order valence-electron chi connectivity index (χ0n) is 18.0. The number of aliphatic carboxylic acids is 1. The normalized spacial score (nSPS) is 12.1. The van der Waals surface area contributed by atoms with Crippen LogP contribution in [0.1, 0.15) is 122 Å². The van der Waals surface area contributed by atoms with Gasteiger partial charge in [-0.15, -0.1) is 0 Å². The molecule has 1 atom stereocenters. The van der Waals surface area contributed by atoms with Crippen LogP contribution in [0.3, 0.4) is 0 Å². The summed E-state index contributed by atoms with van der Waals surface area (Å²) >= 11 is 0. The molecule has 0 saturated carbocycles. The fourth-order valence-corrected chi connectivity index (χ4v) is 3.52. The Labute approximate surface area is 167 Å². The smallest absolute Gasteiger partial charge is 0.308 e. The predicted octanol–water partition coefficient (Wildman–Crippen LogP) is 6.90. The van der Waals surface area contributed by atoms with E-state index in [-0.39, 0.29) is 11.9 Å². The molecule has 0 aromatic heterocycles. The summed E-state index contributed by atoms with van der Waals surface area (Å²) in [5.74, 6) is -0.696. The topological polar surface area (TPSA) is 63.6 Å². The third kappa shape index (κ3) is 19.5. The van der Waals surface area contributed by atoms with E-state index in [0.29, 0.717) is 6.42 Å². The van der Waals surface area contributed by atoms with Gasteiger partial charge in [-0.3, -0.25) is 9.59 Å². The number of rotatable bonds is 20. The molecular formula is C23H44O4. The summed E-state index contributed by atoms with van der Waals surface area (Å²) in [6.45, 7) is 1.95. The van der Waals surface area contributed by atoms with Crippen LogP contribution in [0.2, 0.25) is 0 Å². The van der Waals surface area contributed by atoms with Crippen molar-refractivity contribution in [2.75, 3.05) is 7.11 Å². The second kappa shape index (κ2) is 19.7. The first-order valence-electron chi connectivity index (χ1n) is 11.4. The minimum Gasteiger partial charge on any atom is -0.481 e. The minimum atomic E-state index is -0.666. The molecule has 0 fully saturated rings. The van der Waals surface area contributed by atoms with Crippen LogP contribution in [-0.2, 0) is 14.3 Å². The van der Waals surface area contributed by atoms with Crippen molar-refractivity contribution in [2.24, 2.45) is 5.92 Å². The number of hydrogen-bond acceptors (Lipinski definition) is 3. The van der Waals surface area contributed by atoms with Crippen LogP contribution in [-0.4, -0.2) is 24.2 Å². The number of carbonyl (C=O) groups excluding carboxylic acids is 1. The SMILES string of the molecule is COC(=O)C(C)CCCCCCCCCCCCCCCCCCC(=O)O. The number of unbranched alkanes of at least 4 members (excludes halogenated alkanes) is 15. The van der Waals surface area contributed by atoms with E-state index < -0.39 is 5.97 Å². The van der Waals surface area contributed by atoms with Crippen molar-refractivity contribution in [2.45, 2.75) is 122 Å². The first-order valence-corrected chi connectivity index (χ1v) is 11.4. The molecule has 1 N–H and O–H groups in total. The molecular weight excluding hydrogens is 340 g/mol. The second-order valence-corrected chi connectivity index (χ2v) is 8.01. The van der Waals surface area contributed by atoms with Gasteiger partial charge in [0.15, 0.2) is 0 Å². The highest BCUT2D eigenvalue weighted by molar-refractivity contribution is 5.71. The lowest BCUT2D eigenvalue weighted by Gasteiger charge is -2.08. The maximum atomic E-state index is 11.3. The zero-order chi connectivity index (χ0) is 20.2. The van der Waals surface area contributed by atoms with Crippen molar-refractivity contribution in [1.82, 2.24) is 0 Å². The van der Waals surface area contributed by atoms with E-state index >= 15 is 0 Å². The summed E-state index contributed by atoms with van der Waals surface area (Å²) < 4.78 is 4.75. The Balaban J connectivity index is 3.11. The Hall–Kier alpha value is -1.06. The molecule has 0 amide bonds. The Morgan fingerprint density at radius 2 is 1.00 bits per heavy atom. The van der Waals surface area contributed by atoms with Gasteiger partial charge in [0.2, 0.25) is 0 Å². The van der Waals surface area contributed by atoms with Gasteiger partial charge in [0.1, 0.15) is 0 Å². The van der Waals surface area contributed by atoms with Crippen LogP contribution >= 0.6 is 0 Å². The molecule has 0 radical (unpaired) electrons. The molecule has 0 aliphatic rings. The van der Waals surface area contributed by atoms with E-state index in [1.54, 1.807) is 0 Å². The van der Waals surface area contributed by atoms with E-state index in [1.807, 2.05) is 6.92 Å². The standard InChI is InChI=1S/C23H44O4/c1-21(23(26)27-2)19-17-15-13-11-9-7-5-3-4-6-8-10-12-14-16-18-20-22(24)25/h21H,3-20H2,1-2H3,(H,24,25). The van der Waals surface area contributed by atoms with Crippen molar-refractivity contribution in [1.29, 1.82) is 0 Å². The zero-order valence-corrected chi connectivity index (χ0v) is 18.0. The molecule has 0 bridgehead atoms. The van der Waals surface area contributed by atoms with Crippen molar-refractivity contribution in [3.8, 4) is 0 Å². The van der Waals surface area contributed by atoms with Gasteiger partial charge in [0, 0.05) is 6.42 Å². The van der Waals surface area contributed by atoms with E-state index in [4.69, 9.17) is 9.84 Å². The fourth-order valence-electron chi connectivity index (χ4n) is 3.52. The molecule has 0 aliphatic heterocycles. The molecule has 4 heteroatoms. The van der Waals surface area contributed by atoms with Crippen molar-refractivity contribution >= 4 is 11.9 Å². The summed E-state index contributed by atoms with van der Waals surface area (Å²) in [7, 11) is 1.46. The lowest BCUT2D eigenvalue weighted by atomic mass is 10.0. The van der Waals surface area contributed by atoms with Gasteiger partial charge in [0.05, 0.1) is 13.0 Å². The highest BCUT2D eigenvalue weighted by atomic mass is 16.5. The van der Waals surface area contributed by atoms with Gasteiger partial charge in [-0.25, -0.2) is 0 Å². The quantitative estimate of drug-likeness (QED) is 0.183. The fraction of sp³-hybridized carbons (Fsp3) is 0.913. The summed E-state index contributed by atoms with van der Waals surface area (Å²) in [5, 5.41) is 8.57. The molecule has 0 rings (SSSR count). The highest BCUT2D eigenvalue weighted by Gasteiger charge is 2.11. The van der Waals surface area contributed by atoms with Crippen LogP contribution in [0.5, 0.6) is 0 Å². The first-order chi connectivity index (χ1) is 13.1. The van der Waals surface area contributed by atoms with E-state index in [2.05, 4.69) is 0 Å². The van der Waals surface area contributed by atoms with Crippen molar-refractivity contribution in [3.63, 3.8) is 0 Å². The number of carboxylic acid groups (broad SMARTS) is 1. The summed E-state index contributed by atoms with van der Waals surface area (Å²) in [5.41, 5.74) is 0. The molecule has 4 nitrogen and oxygen atoms in total. The number of carboxylic acids is 1. The maximum absolute atomic E-state index is 11.3. The average Bonchev–Trinajstić information content (AvgIpc) is 2.65. The molecule has 0 saturated heterocycles. The predicted molar refractivity (Wildman–Crippen MR) is 112 cm³/mol. The molecule has 0 aliphatic carbocycles. The van der Waals surface area contributed by atoms with E-state index in [9.17, 15) is 9.59 Å². The number of carbonyl (C=O) groups is 2. The monoisotopic (exact) mass is 384 g/mol. The van der Waals surface area contributed by atoms with Crippen LogP contribution in [0.4, 0.5) is 0 Å². The summed E-state index contributed by atoms with van der Waals surface area (Å²) in [6, 6.07) is 0. The van der Waals surface area contributed by atoms with Gasteiger partial charge >= 0.3 is 11.9 Å². The van der Waals surface area contributed by atoms with Crippen LogP contribution in [0, 0.1) is 5.92 Å². The first kappa shape index (κ1) is 25.9. The molecule has 160 valence electrons. The van der Waals surface area contributed by atoms with Crippen molar-refractivity contribution < 1.29 is 19.4 Å². The van der Waals surface area contributed by atoms with Crippen molar-refractivity contribution in [3.05, 3.63) is 0 Å². The number of ether oxygens (including phenoxy) is 1. The molecule has 0 aromatic carbocycles. The van der Waals surface area contributed by atoms with Gasteiger partial charge in [-0.1, -0.05) is 103 Å². The lowest BCUT2D eigenvalue weighted by Crippen LogP contribution is -2.12. The van der Waals surface area contributed by atoms with E-state index in [0.717, 1.165) is 25.7 Å². The second-order valence-electron chi connectivity index (χ2n) is 8.01. The summed E-state index contributed by atoms with van der Waals surface area (Å²) in [6.07, 6.45) is 21.4.